The van der Waals surface area contributed by atoms with Crippen molar-refractivity contribution in [2.24, 2.45) is 0 Å². The third-order valence-corrected chi connectivity index (χ3v) is 12.4. The zero-order valence-electron chi connectivity index (χ0n) is 44.6. The van der Waals surface area contributed by atoms with Gasteiger partial charge in [0.1, 0.15) is 13.2 Å². The Morgan fingerprint density at radius 3 is 1.27 bits per heavy atom. The maximum Gasteiger partial charge on any atom is 0.361 e. The molecule has 0 amide bonds. The largest absolute Gasteiger partial charge is 0.477 e. The number of rotatable bonds is 52. The van der Waals surface area contributed by atoms with Crippen LogP contribution in [0.25, 0.3) is 0 Å². The van der Waals surface area contributed by atoms with Crippen LogP contribution >= 0.6 is 0 Å². The average molecular weight is 948 g/mol. The van der Waals surface area contributed by atoms with Crippen LogP contribution < -0.4 is 0 Å². The van der Waals surface area contributed by atoms with Crippen LogP contribution in [0.15, 0.2) is 36.5 Å². The number of nitrogens with zero attached hydrogens (tertiary/aromatic N) is 1. The van der Waals surface area contributed by atoms with E-state index >= 15 is 0 Å². The van der Waals surface area contributed by atoms with Gasteiger partial charge in [-0.1, -0.05) is 237 Å². The molecule has 0 aliphatic heterocycles. The number of esters is 2. The second-order valence-corrected chi connectivity index (χ2v) is 20.2. The second-order valence-electron chi connectivity index (χ2n) is 20.2. The summed E-state index contributed by atoms with van der Waals surface area (Å²) in [6, 6.07) is 0. The third-order valence-electron chi connectivity index (χ3n) is 12.4. The molecule has 0 saturated heterocycles. The Morgan fingerprint density at radius 1 is 0.463 bits per heavy atom. The minimum absolute atomic E-state index is 0.183. The van der Waals surface area contributed by atoms with Crippen LogP contribution in [0.4, 0.5) is 0 Å². The van der Waals surface area contributed by atoms with Crippen LogP contribution in [0.3, 0.4) is 0 Å². The molecule has 0 heterocycles. The Hall–Kier alpha value is -2.49. The van der Waals surface area contributed by atoms with Crippen LogP contribution in [0.1, 0.15) is 258 Å². The number of carboxylic acid groups (broad SMARTS) is 1. The lowest BCUT2D eigenvalue weighted by molar-refractivity contribution is -0.870. The number of ether oxygens (including phenoxy) is 4. The van der Waals surface area contributed by atoms with Gasteiger partial charge in [0.05, 0.1) is 34.4 Å². The van der Waals surface area contributed by atoms with Crippen molar-refractivity contribution in [2.75, 3.05) is 47.5 Å². The number of unbranched alkanes of at least 4 members (excludes halogenated alkanes) is 31. The van der Waals surface area contributed by atoms with Crippen molar-refractivity contribution >= 4 is 17.9 Å². The van der Waals surface area contributed by atoms with Crippen molar-refractivity contribution in [1.29, 1.82) is 0 Å². The van der Waals surface area contributed by atoms with Gasteiger partial charge in [-0.25, -0.2) is 4.79 Å². The van der Waals surface area contributed by atoms with Gasteiger partial charge in [0, 0.05) is 12.8 Å². The van der Waals surface area contributed by atoms with Gasteiger partial charge in [0.25, 0.3) is 6.29 Å². The van der Waals surface area contributed by atoms with E-state index in [2.05, 4.69) is 50.3 Å². The zero-order valence-corrected chi connectivity index (χ0v) is 44.6. The van der Waals surface area contributed by atoms with Crippen LogP contribution in [0, 0.1) is 0 Å². The molecule has 392 valence electrons. The summed E-state index contributed by atoms with van der Waals surface area (Å²) in [4.78, 5) is 37.3. The highest BCUT2D eigenvalue weighted by molar-refractivity contribution is 5.71. The molecule has 0 radical (unpaired) electrons. The van der Waals surface area contributed by atoms with Gasteiger partial charge in [-0.05, 0) is 44.9 Å². The maximum absolute atomic E-state index is 12.8. The van der Waals surface area contributed by atoms with Crippen LogP contribution in [0.5, 0.6) is 0 Å². The molecule has 0 spiro atoms. The Kier molecular flexibility index (Phi) is 48.1. The highest BCUT2D eigenvalue weighted by Gasteiger charge is 2.25. The Labute approximate surface area is 413 Å². The number of likely N-dealkylation sites (N-methyl/N-ethyl adjacent to an activating group) is 1. The summed E-state index contributed by atoms with van der Waals surface area (Å²) in [5.41, 5.74) is 0. The van der Waals surface area contributed by atoms with Gasteiger partial charge >= 0.3 is 17.9 Å². The Bertz CT molecular complexity index is 1190. The standard InChI is InChI=1S/C58H107NO8/c1-6-8-10-12-14-16-18-20-21-22-23-24-25-26-27-28-29-30-31-32-33-34-35-37-38-40-42-44-46-48-55(60)65-52-54(53-66-58(57(62)63)64-51-50-59(3,4)5)67-56(61)49-47-45-43-41-39-36-19-17-15-13-11-9-7-2/h9,11,15,17,36,39,54,58H,6-8,10,12-14,16,18-35,37-38,40-53H2,1-5H3/p+1/b11-9-,17-15-,39-36-. The number of quaternary nitrogens is 1. The van der Waals surface area contributed by atoms with E-state index in [1.165, 1.54) is 167 Å². The van der Waals surface area contributed by atoms with Gasteiger partial charge in [-0.15, -0.1) is 0 Å². The number of aliphatic carboxylic acids is 1. The van der Waals surface area contributed by atoms with Gasteiger partial charge in [0.2, 0.25) is 0 Å². The predicted molar refractivity (Wildman–Crippen MR) is 281 cm³/mol. The molecule has 0 aromatic heterocycles. The first kappa shape index (κ1) is 64.5. The maximum atomic E-state index is 12.8. The van der Waals surface area contributed by atoms with Crippen molar-refractivity contribution in [2.45, 2.75) is 270 Å². The average Bonchev–Trinajstić information content (AvgIpc) is 3.29. The first-order chi connectivity index (χ1) is 32.6. The second kappa shape index (κ2) is 49.9. The molecule has 0 saturated carbocycles. The molecule has 67 heavy (non-hydrogen) atoms. The first-order valence-corrected chi connectivity index (χ1v) is 28.2. The lowest BCUT2D eigenvalue weighted by Crippen LogP contribution is -2.40. The number of carbonyl (C=O) groups is 3. The van der Waals surface area contributed by atoms with E-state index < -0.39 is 24.3 Å². The molecular weight excluding hydrogens is 839 g/mol. The van der Waals surface area contributed by atoms with Crippen LogP contribution in [0.2, 0.25) is 0 Å². The smallest absolute Gasteiger partial charge is 0.361 e. The fourth-order valence-electron chi connectivity index (χ4n) is 8.09. The lowest BCUT2D eigenvalue weighted by atomic mass is 10.0. The Morgan fingerprint density at radius 2 is 0.851 bits per heavy atom. The molecule has 0 fully saturated rings. The van der Waals surface area contributed by atoms with Crippen molar-refractivity contribution in [3.05, 3.63) is 36.5 Å². The highest BCUT2D eigenvalue weighted by Crippen LogP contribution is 2.17. The van der Waals surface area contributed by atoms with Crippen LogP contribution in [-0.2, 0) is 33.3 Å². The lowest BCUT2D eigenvalue weighted by Gasteiger charge is -2.25. The van der Waals surface area contributed by atoms with Crippen molar-refractivity contribution in [3.63, 3.8) is 0 Å². The summed E-state index contributed by atoms with van der Waals surface area (Å²) < 4.78 is 22.8. The molecule has 0 rings (SSSR count). The number of hydrogen-bond donors (Lipinski definition) is 1. The number of hydrogen-bond acceptors (Lipinski definition) is 7. The van der Waals surface area contributed by atoms with Gasteiger partial charge < -0.3 is 28.5 Å². The van der Waals surface area contributed by atoms with Crippen LogP contribution in [-0.4, -0.2) is 87.4 Å². The molecule has 0 aromatic rings. The molecule has 0 aromatic carbocycles. The zero-order chi connectivity index (χ0) is 49.2. The van der Waals surface area contributed by atoms with Crippen molar-refractivity contribution in [3.8, 4) is 0 Å². The van der Waals surface area contributed by atoms with E-state index in [9.17, 15) is 19.5 Å². The number of allylic oxidation sites excluding steroid dienone is 6. The van der Waals surface area contributed by atoms with E-state index in [4.69, 9.17) is 18.9 Å². The monoisotopic (exact) mass is 947 g/mol. The topological polar surface area (TPSA) is 108 Å². The van der Waals surface area contributed by atoms with Gasteiger partial charge in [0.15, 0.2) is 6.10 Å². The van der Waals surface area contributed by atoms with E-state index in [0.29, 0.717) is 23.9 Å². The molecule has 2 unspecified atom stereocenters. The fourth-order valence-corrected chi connectivity index (χ4v) is 8.09. The molecule has 0 aliphatic carbocycles. The van der Waals surface area contributed by atoms with Crippen molar-refractivity contribution < 1.29 is 42.9 Å². The minimum Gasteiger partial charge on any atom is -0.477 e. The molecule has 9 nitrogen and oxygen atoms in total. The normalized spacial score (nSPS) is 13.0. The van der Waals surface area contributed by atoms with Crippen molar-refractivity contribution in [1.82, 2.24) is 0 Å². The quantitative estimate of drug-likeness (QED) is 0.0211. The van der Waals surface area contributed by atoms with Gasteiger partial charge in [-0.2, -0.15) is 0 Å². The predicted octanol–water partition coefficient (Wildman–Crippen LogP) is 16.1. The Balaban J connectivity index is 4.09. The summed E-state index contributed by atoms with van der Waals surface area (Å²) in [6.45, 7) is 4.75. The third kappa shape index (κ3) is 51.2. The number of carboxylic acids is 1. The SMILES string of the molecule is CC/C=C\C/C=C\C/C=C\CCCCCC(=O)OC(COC(=O)CCCCCCCCCCCCCCCCCCCCCCCCCCCCCCC)COC(OCC[N+](C)(C)C)C(=O)O. The number of carbonyl (C=O) groups excluding carboxylic acids is 2. The molecule has 0 bridgehead atoms. The van der Waals surface area contributed by atoms with E-state index in [1.807, 2.05) is 21.1 Å². The van der Waals surface area contributed by atoms with E-state index in [-0.39, 0.29) is 32.2 Å². The summed E-state index contributed by atoms with van der Waals surface area (Å²) in [5.74, 6) is -2.04. The first-order valence-electron chi connectivity index (χ1n) is 28.2. The summed E-state index contributed by atoms with van der Waals surface area (Å²) in [5, 5.41) is 9.67. The van der Waals surface area contributed by atoms with E-state index in [1.54, 1.807) is 0 Å². The summed E-state index contributed by atoms with van der Waals surface area (Å²) >= 11 is 0. The minimum atomic E-state index is -1.52. The molecular formula is C58H108NO8+. The van der Waals surface area contributed by atoms with E-state index in [0.717, 1.165) is 57.8 Å². The summed E-state index contributed by atoms with van der Waals surface area (Å²) in [6.07, 6.45) is 56.8. The molecule has 0 aliphatic rings. The molecule has 9 heteroatoms. The highest BCUT2D eigenvalue weighted by atomic mass is 16.7. The molecule has 1 N–H and O–H groups in total. The summed E-state index contributed by atoms with van der Waals surface area (Å²) in [7, 11) is 5.95. The fraction of sp³-hybridized carbons (Fsp3) is 0.845. The molecule has 2 atom stereocenters. The van der Waals surface area contributed by atoms with Gasteiger partial charge in [-0.3, -0.25) is 9.59 Å².